The molecule has 0 saturated heterocycles. The highest BCUT2D eigenvalue weighted by molar-refractivity contribution is 6.04. The Balaban J connectivity index is 0.000000982. The fourth-order valence-corrected chi connectivity index (χ4v) is 1.06. The van der Waals surface area contributed by atoms with Crippen molar-refractivity contribution in [2.24, 2.45) is 0 Å². The molecule has 0 N–H and O–H groups in total. The van der Waals surface area contributed by atoms with E-state index in [1.54, 1.807) is 18.2 Å². The smallest absolute Gasteiger partial charge is 0.449 e. The second-order valence-corrected chi connectivity index (χ2v) is 3.65. The van der Waals surface area contributed by atoms with Crippen LogP contribution in [-0.2, 0) is 4.74 Å². The standard InChI is InChI=1S/C11H9F3O2.C3H8/c1-16-10(11(12,13)14)7-9(15)8-5-3-2-4-6-8;1-3-2/h2-7H,1H3;3H2,1-2H3/b10-7-;. The van der Waals surface area contributed by atoms with Gasteiger partial charge in [0.25, 0.3) is 0 Å². The molecule has 0 bridgehead atoms. The zero-order valence-electron chi connectivity index (χ0n) is 11.1. The van der Waals surface area contributed by atoms with Gasteiger partial charge in [-0.25, -0.2) is 0 Å². The highest BCUT2D eigenvalue weighted by Crippen LogP contribution is 2.26. The van der Waals surface area contributed by atoms with Gasteiger partial charge in [-0.3, -0.25) is 4.79 Å². The molecule has 0 amide bonds. The molecule has 0 fully saturated rings. The van der Waals surface area contributed by atoms with Crippen molar-refractivity contribution < 1.29 is 22.7 Å². The van der Waals surface area contributed by atoms with Gasteiger partial charge in [-0.15, -0.1) is 0 Å². The summed E-state index contributed by atoms with van der Waals surface area (Å²) in [6.07, 6.45) is -2.96. The van der Waals surface area contributed by atoms with Gasteiger partial charge in [0.1, 0.15) is 0 Å². The Morgan fingerprint density at radius 1 is 1.21 bits per heavy atom. The van der Waals surface area contributed by atoms with Crippen LogP contribution in [0.15, 0.2) is 42.2 Å². The number of allylic oxidation sites excluding steroid dienone is 2. The molecule has 19 heavy (non-hydrogen) atoms. The van der Waals surface area contributed by atoms with Crippen LogP contribution in [0.4, 0.5) is 13.2 Å². The lowest BCUT2D eigenvalue weighted by Gasteiger charge is -2.09. The van der Waals surface area contributed by atoms with Crippen LogP contribution in [-0.4, -0.2) is 19.1 Å². The first-order valence-corrected chi connectivity index (χ1v) is 5.79. The number of benzene rings is 1. The Kier molecular flexibility index (Phi) is 7.56. The molecule has 1 aromatic rings. The molecule has 0 atom stereocenters. The number of rotatable bonds is 3. The summed E-state index contributed by atoms with van der Waals surface area (Å²) >= 11 is 0. The number of methoxy groups -OCH3 is 1. The van der Waals surface area contributed by atoms with Crippen molar-refractivity contribution in [2.75, 3.05) is 7.11 Å². The lowest BCUT2D eigenvalue weighted by atomic mass is 10.1. The molecule has 0 aliphatic carbocycles. The number of alkyl halides is 3. The Bertz CT molecular complexity index is 408. The number of hydrogen-bond donors (Lipinski definition) is 0. The van der Waals surface area contributed by atoms with E-state index >= 15 is 0 Å². The number of hydrogen-bond acceptors (Lipinski definition) is 2. The third-order valence-electron chi connectivity index (χ3n) is 1.82. The van der Waals surface area contributed by atoms with Crippen LogP contribution in [0.25, 0.3) is 0 Å². The molecule has 0 radical (unpaired) electrons. The number of ether oxygens (including phenoxy) is 1. The summed E-state index contributed by atoms with van der Waals surface area (Å²) in [6.45, 7) is 4.25. The van der Waals surface area contributed by atoms with Crippen molar-refractivity contribution in [1.29, 1.82) is 0 Å². The van der Waals surface area contributed by atoms with Crippen LogP contribution in [0.2, 0.25) is 0 Å². The average Bonchev–Trinajstić information content (AvgIpc) is 2.36. The number of halogens is 3. The summed E-state index contributed by atoms with van der Waals surface area (Å²) < 4.78 is 40.9. The Labute approximate surface area is 110 Å². The van der Waals surface area contributed by atoms with E-state index in [2.05, 4.69) is 18.6 Å². The van der Waals surface area contributed by atoms with Gasteiger partial charge < -0.3 is 4.74 Å². The van der Waals surface area contributed by atoms with Crippen LogP contribution in [0.1, 0.15) is 30.6 Å². The molecule has 1 aromatic carbocycles. The van der Waals surface area contributed by atoms with Crippen molar-refractivity contribution >= 4 is 5.78 Å². The fourth-order valence-electron chi connectivity index (χ4n) is 1.06. The molecule has 0 aromatic heterocycles. The summed E-state index contributed by atoms with van der Waals surface area (Å²) in [5.74, 6) is -2.05. The van der Waals surface area contributed by atoms with Crippen molar-refractivity contribution in [3.05, 3.63) is 47.7 Å². The third kappa shape index (κ3) is 6.64. The molecule has 5 heteroatoms. The van der Waals surface area contributed by atoms with E-state index < -0.39 is 17.7 Å². The first-order chi connectivity index (χ1) is 8.86. The van der Waals surface area contributed by atoms with E-state index in [1.807, 2.05) is 0 Å². The fraction of sp³-hybridized carbons (Fsp3) is 0.357. The first-order valence-electron chi connectivity index (χ1n) is 5.79. The molecule has 106 valence electrons. The van der Waals surface area contributed by atoms with Gasteiger partial charge in [-0.2, -0.15) is 13.2 Å². The summed E-state index contributed by atoms with van der Waals surface area (Å²) in [6, 6.07) is 7.68. The summed E-state index contributed by atoms with van der Waals surface area (Å²) in [5.41, 5.74) is 0.182. The first kappa shape index (κ1) is 17.2. The predicted molar refractivity (Wildman–Crippen MR) is 67.9 cm³/mol. The van der Waals surface area contributed by atoms with Gasteiger partial charge in [-0.1, -0.05) is 50.6 Å². The minimum absolute atomic E-state index is 0.182. The molecule has 0 saturated carbocycles. The van der Waals surface area contributed by atoms with Crippen LogP contribution in [0, 0.1) is 0 Å². The monoisotopic (exact) mass is 274 g/mol. The van der Waals surface area contributed by atoms with Crippen molar-refractivity contribution in [3.8, 4) is 0 Å². The Morgan fingerprint density at radius 3 is 2.05 bits per heavy atom. The highest BCUT2D eigenvalue weighted by Gasteiger charge is 2.35. The van der Waals surface area contributed by atoms with Crippen LogP contribution in [0.3, 0.4) is 0 Å². The maximum atomic E-state index is 12.3. The van der Waals surface area contributed by atoms with Crippen LogP contribution >= 0.6 is 0 Å². The van der Waals surface area contributed by atoms with E-state index in [4.69, 9.17) is 0 Å². The number of carbonyl (C=O) groups excluding carboxylic acids is 1. The van der Waals surface area contributed by atoms with E-state index in [0.717, 1.165) is 7.11 Å². The lowest BCUT2D eigenvalue weighted by Crippen LogP contribution is -2.15. The molecular weight excluding hydrogens is 257 g/mol. The largest absolute Gasteiger partial charge is 0.492 e. The van der Waals surface area contributed by atoms with Gasteiger partial charge in [0.2, 0.25) is 5.76 Å². The van der Waals surface area contributed by atoms with Crippen LogP contribution < -0.4 is 0 Å². The van der Waals surface area contributed by atoms with Gasteiger partial charge >= 0.3 is 6.18 Å². The molecule has 2 nitrogen and oxygen atoms in total. The van der Waals surface area contributed by atoms with Crippen molar-refractivity contribution in [3.63, 3.8) is 0 Å². The molecule has 0 spiro atoms. The molecule has 0 aliphatic heterocycles. The van der Waals surface area contributed by atoms with E-state index in [0.29, 0.717) is 6.08 Å². The normalized spacial score (nSPS) is 11.4. The maximum absolute atomic E-state index is 12.3. The van der Waals surface area contributed by atoms with Crippen molar-refractivity contribution in [2.45, 2.75) is 26.4 Å². The van der Waals surface area contributed by atoms with Gasteiger partial charge in [0.15, 0.2) is 5.78 Å². The molecule has 0 unspecified atom stereocenters. The van der Waals surface area contributed by atoms with Gasteiger partial charge in [-0.05, 0) is 0 Å². The van der Waals surface area contributed by atoms with Gasteiger partial charge in [0, 0.05) is 11.6 Å². The maximum Gasteiger partial charge on any atom is 0.449 e. The Morgan fingerprint density at radius 2 is 1.68 bits per heavy atom. The van der Waals surface area contributed by atoms with Crippen molar-refractivity contribution in [1.82, 2.24) is 0 Å². The SMILES string of the molecule is CCC.CO/C(=C\C(=O)c1ccccc1)C(F)(F)F. The summed E-state index contributed by atoms with van der Waals surface area (Å²) in [5, 5.41) is 0. The minimum Gasteiger partial charge on any atom is -0.492 e. The summed E-state index contributed by atoms with van der Waals surface area (Å²) in [4.78, 5) is 11.4. The molecular formula is C14H17F3O2. The minimum atomic E-state index is -4.65. The molecule has 0 aliphatic rings. The second-order valence-electron chi connectivity index (χ2n) is 3.65. The number of carbonyl (C=O) groups is 1. The number of ketones is 1. The molecule has 0 heterocycles. The topological polar surface area (TPSA) is 26.3 Å². The van der Waals surface area contributed by atoms with Crippen LogP contribution in [0.5, 0.6) is 0 Å². The quantitative estimate of drug-likeness (QED) is 0.464. The van der Waals surface area contributed by atoms with Gasteiger partial charge in [0.05, 0.1) is 7.11 Å². The van der Waals surface area contributed by atoms with E-state index in [1.165, 1.54) is 18.6 Å². The zero-order valence-corrected chi connectivity index (χ0v) is 11.1. The third-order valence-corrected chi connectivity index (χ3v) is 1.82. The predicted octanol–water partition coefficient (Wildman–Crippen LogP) is 4.38. The molecule has 1 rings (SSSR count). The highest BCUT2D eigenvalue weighted by atomic mass is 19.4. The van der Waals surface area contributed by atoms with E-state index in [9.17, 15) is 18.0 Å². The average molecular weight is 274 g/mol. The summed E-state index contributed by atoms with van der Waals surface area (Å²) in [7, 11) is 0.873. The second kappa shape index (κ2) is 8.34. The Hall–Kier alpha value is -1.78. The zero-order chi connectivity index (χ0) is 14.9. The van der Waals surface area contributed by atoms with E-state index in [-0.39, 0.29) is 5.56 Å². The lowest BCUT2D eigenvalue weighted by molar-refractivity contribution is -0.125.